The van der Waals surface area contributed by atoms with E-state index in [1.54, 1.807) is 11.3 Å². The number of piperidine rings is 1. The highest BCUT2D eigenvalue weighted by molar-refractivity contribution is 7.16. The van der Waals surface area contributed by atoms with Crippen LogP contribution in [0.15, 0.2) is 0 Å². The molecule has 2 atom stereocenters. The van der Waals surface area contributed by atoms with E-state index in [0.717, 1.165) is 17.3 Å². The Kier molecular flexibility index (Phi) is 3.07. The fourth-order valence-electron chi connectivity index (χ4n) is 2.53. The molecule has 0 spiro atoms. The van der Waals surface area contributed by atoms with Gasteiger partial charge in [0.2, 0.25) is 4.96 Å². The van der Waals surface area contributed by atoms with Gasteiger partial charge < -0.3 is 5.32 Å². The van der Waals surface area contributed by atoms with Crippen LogP contribution in [0.1, 0.15) is 56.3 Å². The zero-order chi connectivity index (χ0) is 12.7. The van der Waals surface area contributed by atoms with Crippen molar-refractivity contribution in [1.82, 2.24) is 25.1 Å². The van der Waals surface area contributed by atoms with E-state index in [2.05, 4.69) is 36.3 Å². The summed E-state index contributed by atoms with van der Waals surface area (Å²) in [5, 5.41) is 17.9. The largest absolute Gasteiger partial charge is 0.314 e. The molecule has 1 saturated heterocycles. The lowest BCUT2D eigenvalue weighted by atomic mass is 9.94. The minimum absolute atomic E-state index is 0.363. The molecule has 2 aromatic heterocycles. The normalized spacial score (nSPS) is 25.1. The maximum atomic E-state index is 4.73. The lowest BCUT2D eigenvalue weighted by molar-refractivity contribution is 0.378. The van der Waals surface area contributed by atoms with E-state index in [1.807, 2.05) is 4.52 Å². The topological polar surface area (TPSA) is 55.1 Å². The predicted octanol–water partition coefficient (Wildman–Crippen LogP) is 2.16. The van der Waals surface area contributed by atoms with Crippen LogP contribution < -0.4 is 5.32 Å². The van der Waals surface area contributed by atoms with E-state index >= 15 is 0 Å². The van der Waals surface area contributed by atoms with Gasteiger partial charge in [-0.2, -0.15) is 9.61 Å². The number of nitrogens with one attached hydrogen (secondary N) is 1. The van der Waals surface area contributed by atoms with Gasteiger partial charge in [0.25, 0.3) is 0 Å². The van der Waals surface area contributed by atoms with Crippen molar-refractivity contribution in [3.8, 4) is 0 Å². The Morgan fingerprint density at radius 1 is 1.39 bits per heavy atom. The molecule has 3 rings (SSSR count). The van der Waals surface area contributed by atoms with E-state index in [4.69, 9.17) is 5.10 Å². The minimum Gasteiger partial charge on any atom is -0.314 e. The van der Waals surface area contributed by atoms with Crippen LogP contribution in [0, 0.1) is 0 Å². The van der Waals surface area contributed by atoms with Crippen LogP contribution in [0.5, 0.6) is 0 Å². The van der Waals surface area contributed by atoms with Gasteiger partial charge in [0.05, 0.1) is 0 Å². The molecule has 3 heterocycles. The third-order valence-corrected chi connectivity index (χ3v) is 4.58. The van der Waals surface area contributed by atoms with Gasteiger partial charge >= 0.3 is 0 Å². The fourth-order valence-corrected chi connectivity index (χ4v) is 3.52. The second-order valence-corrected chi connectivity index (χ2v) is 6.41. The Balaban J connectivity index is 1.93. The second-order valence-electron chi connectivity index (χ2n) is 5.42. The van der Waals surface area contributed by atoms with Gasteiger partial charge in [-0.25, -0.2) is 0 Å². The monoisotopic (exact) mass is 265 g/mol. The van der Waals surface area contributed by atoms with Gasteiger partial charge in [-0.05, 0) is 26.3 Å². The molecule has 98 valence electrons. The molecule has 0 saturated carbocycles. The van der Waals surface area contributed by atoms with Crippen molar-refractivity contribution in [3.05, 3.63) is 10.8 Å². The average molecular weight is 265 g/mol. The third kappa shape index (κ3) is 2.03. The molecule has 2 unspecified atom stereocenters. The first-order valence-corrected chi connectivity index (χ1v) is 7.42. The molecular formula is C12H19N5S. The van der Waals surface area contributed by atoms with Gasteiger partial charge in [0, 0.05) is 17.9 Å². The number of hydrogen-bond acceptors (Lipinski definition) is 5. The van der Waals surface area contributed by atoms with Crippen LogP contribution in [0.2, 0.25) is 0 Å². The quantitative estimate of drug-likeness (QED) is 0.904. The number of fused-ring (bicyclic) bond motifs is 1. The highest BCUT2D eigenvalue weighted by Gasteiger charge is 2.24. The maximum absolute atomic E-state index is 4.73. The molecule has 0 bridgehead atoms. The molecule has 0 aliphatic carbocycles. The highest BCUT2D eigenvalue weighted by Crippen LogP contribution is 2.31. The molecule has 0 radical (unpaired) electrons. The molecule has 1 fully saturated rings. The van der Waals surface area contributed by atoms with Crippen molar-refractivity contribution in [1.29, 1.82) is 0 Å². The van der Waals surface area contributed by atoms with E-state index < -0.39 is 0 Å². The molecule has 5 nitrogen and oxygen atoms in total. The lowest BCUT2D eigenvalue weighted by Crippen LogP contribution is -2.34. The van der Waals surface area contributed by atoms with Crippen LogP contribution in [0.3, 0.4) is 0 Å². The van der Waals surface area contributed by atoms with Crippen LogP contribution in [-0.2, 0) is 0 Å². The highest BCUT2D eigenvalue weighted by atomic mass is 32.1. The lowest BCUT2D eigenvalue weighted by Gasteiger charge is -2.26. The zero-order valence-electron chi connectivity index (χ0n) is 11.1. The van der Waals surface area contributed by atoms with Crippen molar-refractivity contribution in [2.45, 2.75) is 51.5 Å². The summed E-state index contributed by atoms with van der Waals surface area (Å²) in [5.74, 6) is 1.91. The van der Waals surface area contributed by atoms with Crippen molar-refractivity contribution in [2.24, 2.45) is 0 Å². The van der Waals surface area contributed by atoms with Crippen LogP contribution in [0.4, 0.5) is 0 Å². The zero-order valence-corrected chi connectivity index (χ0v) is 11.9. The van der Waals surface area contributed by atoms with E-state index in [1.165, 1.54) is 17.8 Å². The number of aromatic nitrogens is 4. The smallest absolute Gasteiger partial charge is 0.234 e. The number of hydrogen-bond donors (Lipinski definition) is 1. The van der Waals surface area contributed by atoms with E-state index in [9.17, 15) is 0 Å². The summed E-state index contributed by atoms with van der Waals surface area (Å²) >= 11 is 1.69. The van der Waals surface area contributed by atoms with Crippen molar-refractivity contribution in [2.75, 3.05) is 6.54 Å². The summed E-state index contributed by atoms with van der Waals surface area (Å²) < 4.78 is 1.93. The first kappa shape index (κ1) is 12.0. The molecule has 2 aromatic rings. The molecule has 0 aromatic carbocycles. The van der Waals surface area contributed by atoms with Crippen LogP contribution in [-0.4, -0.2) is 32.4 Å². The molecule has 1 aliphatic heterocycles. The summed E-state index contributed by atoms with van der Waals surface area (Å²) in [6.07, 6.45) is 2.34. The summed E-state index contributed by atoms with van der Waals surface area (Å²) in [7, 11) is 0. The summed E-state index contributed by atoms with van der Waals surface area (Å²) in [4.78, 5) is 0.930. The van der Waals surface area contributed by atoms with Crippen LogP contribution in [0.25, 0.3) is 4.96 Å². The maximum Gasteiger partial charge on any atom is 0.234 e. The summed E-state index contributed by atoms with van der Waals surface area (Å²) in [6.45, 7) is 7.58. The summed E-state index contributed by atoms with van der Waals surface area (Å²) in [6, 6.07) is 0.586. The van der Waals surface area contributed by atoms with E-state index in [0.29, 0.717) is 17.9 Å². The van der Waals surface area contributed by atoms with E-state index in [-0.39, 0.29) is 0 Å². The average Bonchev–Trinajstić information content (AvgIpc) is 2.87. The first-order chi connectivity index (χ1) is 8.65. The Labute approximate surface area is 111 Å². The number of rotatable bonds is 2. The van der Waals surface area contributed by atoms with Gasteiger partial charge in [-0.3, -0.25) is 0 Å². The van der Waals surface area contributed by atoms with Gasteiger partial charge in [-0.15, -0.1) is 10.2 Å². The minimum atomic E-state index is 0.363. The standard InChI is InChI=1S/C12H19N5S/c1-7(2)10-14-15-12-17(10)16-11(18-12)9-4-5-13-8(3)6-9/h7-9,13H,4-6H2,1-3H3. The van der Waals surface area contributed by atoms with Gasteiger partial charge in [-0.1, -0.05) is 25.2 Å². The SMILES string of the molecule is CC1CC(c2nn3c(C(C)C)nnc3s2)CCN1. The molecule has 1 N–H and O–H groups in total. The Hall–Kier alpha value is -1.01. The Morgan fingerprint density at radius 3 is 2.94 bits per heavy atom. The predicted molar refractivity (Wildman–Crippen MR) is 72.2 cm³/mol. The Bertz CT molecular complexity index is 544. The van der Waals surface area contributed by atoms with Crippen LogP contribution >= 0.6 is 11.3 Å². The molecule has 18 heavy (non-hydrogen) atoms. The molecule has 6 heteroatoms. The van der Waals surface area contributed by atoms with Gasteiger partial charge in [0.1, 0.15) is 5.01 Å². The Morgan fingerprint density at radius 2 is 2.22 bits per heavy atom. The van der Waals surface area contributed by atoms with Crippen molar-refractivity contribution >= 4 is 16.3 Å². The summed E-state index contributed by atoms with van der Waals surface area (Å²) in [5.41, 5.74) is 0. The number of nitrogens with zero attached hydrogens (tertiary/aromatic N) is 4. The molecule has 0 amide bonds. The second kappa shape index (κ2) is 4.59. The van der Waals surface area contributed by atoms with Gasteiger partial charge in [0.15, 0.2) is 5.82 Å². The third-order valence-electron chi connectivity index (χ3n) is 3.52. The first-order valence-electron chi connectivity index (χ1n) is 6.60. The van der Waals surface area contributed by atoms with Crippen molar-refractivity contribution in [3.63, 3.8) is 0 Å². The molecular weight excluding hydrogens is 246 g/mol. The van der Waals surface area contributed by atoms with Crippen molar-refractivity contribution < 1.29 is 0 Å². The fraction of sp³-hybridized carbons (Fsp3) is 0.750. The molecule has 1 aliphatic rings.